The predicted molar refractivity (Wildman–Crippen MR) is 109 cm³/mol. The zero-order valence-corrected chi connectivity index (χ0v) is 16.8. The van der Waals surface area contributed by atoms with Crippen molar-refractivity contribution in [2.24, 2.45) is 5.10 Å². The van der Waals surface area contributed by atoms with Gasteiger partial charge in [0.15, 0.2) is 6.61 Å². The highest BCUT2D eigenvalue weighted by Crippen LogP contribution is 2.28. The highest BCUT2D eigenvalue weighted by atomic mass is 127. The van der Waals surface area contributed by atoms with Gasteiger partial charge in [-0.2, -0.15) is 5.10 Å². The molecule has 0 saturated heterocycles. The minimum Gasteiger partial charge on any atom is -0.480 e. The summed E-state index contributed by atoms with van der Waals surface area (Å²) in [7, 11) is 0. The Balaban J connectivity index is 2.05. The van der Waals surface area contributed by atoms with Crippen LogP contribution in [0.4, 0.5) is 11.4 Å². The Kier molecular flexibility index (Phi) is 6.92. The Morgan fingerprint density at radius 1 is 1.28 bits per heavy atom. The van der Waals surface area contributed by atoms with E-state index in [-0.39, 0.29) is 5.69 Å². The van der Waals surface area contributed by atoms with Crippen LogP contribution in [-0.2, 0) is 4.79 Å². The number of hydrazone groups is 1. The molecule has 0 amide bonds. The van der Waals surface area contributed by atoms with E-state index in [1.54, 1.807) is 30.5 Å². The maximum Gasteiger partial charge on any atom is 0.341 e. The topological polar surface area (TPSA) is 114 Å². The number of aliphatic carboxylic acids is 1. The molecule has 25 heavy (non-hydrogen) atoms. The number of benzene rings is 2. The highest BCUT2D eigenvalue weighted by molar-refractivity contribution is 14.1. The molecule has 8 nitrogen and oxygen atoms in total. The molecule has 2 aromatic rings. The lowest BCUT2D eigenvalue weighted by Crippen LogP contribution is -2.11. The van der Waals surface area contributed by atoms with Gasteiger partial charge in [-0.25, -0.2) is 4.79 Å². The van der Waals surface area contributed by atoms with Crippen molar-refractivity contribution in [1.29, 1.82) is 0 Å². The number of rotatable bonds is 7. The summed E-state index contributed by atoms with van der Waals surface area (Å²) >= 11 is 4.13. The summed E-state index contributed by atoms with van der Waals surface area (Å²) in [5.41, 5.74) is 4.21. The summed E-state index contributed by atoms with van der Waals surface area (Å²) in [6.45, 7) is -0.402. The fourth-order valence-electron chi connectivity index (χ4n) is 1.76. The number of hydrogen-bond donors (Lipinski definition) is 2. The second-order valence-electron chi connectivity index (χ2n) is 4.67. The molecule has 0 aromatic heterocycles. The molecule has 2 N–H and O–H groups in total. The van der Waals surface area contributed by atoms with E-state index in [0.717, 1.165) is 12.7 Å². The third kappa shape index (κ3) is 5.81. The molecule has 0 aliphatic heterocycles. The Morgan fingerprint density at radius 3 is 2.40 bits per heavy atom. The van der Waals surface area contributed by atoms with Crippen molar-refractivity contribution in [3.8, 4) is 5.75 Å². The second-order valence-corrected chi connectivity index (χ2v) is 6.99. The average molecular weight is 567 g/mol. The zero-order chi connectivity index (χ0) is 18.4. The van der Waals surface area contributed by atoms with E-state index >= 15 is 0 Å². The van der Waals surface area contributed by atoms with Crippen LogP contribution < -0.4 is 10.2 Å². The van der Waals surface area contributed by atoms with Crippen molar-refractivity contribution in [3.05, 3.63) is 59.2 Å². The molecule has 0 saturated carbocycles. The normalized spacial score (nSPS) is 10.6. The lowest BCUT2D eigenvalue weighted by Gasteiger charge is -2.09. The summed E-state index contributed by atoms with van der Waals surface area (Å²) in [6, 6.07) is 9.51. The van der Waals surface area contributed by atoms with Gasteiger partial charge >= 0.3 is 5.97 Å². The Labute approximate surface area is 169 Å². The summed E-state index contributed by atoms with van der Waals surface area (Å²) in [4.78, 5) is 20.7. The lowest BCUT2D eigenvalue weighted by molar-refractivity contribution is -0.384. The zero-order valence-electron chi connectivity index (χ0n) is 12.5. The second kappa shape index (κ2) is 8.94. The summed E-state index contributed by atoms with van der Waals surface area (Å²) in [5, 5.41) is 23.4. The molecule has 0 spiro atoms. The molecule has 0 fully saturated rings. The number of carboxylic acids is 1. The van der Waals surface area contributed by atoms with Gasteiger partial charge in [-0.05, 0) is 75.0 Å². The molecular formula is C15H11I2N3O5. The third-order valence-electron chi connectivity index (χ3n) is 2.85. The fourth-order valence-corrected chi connectivity index (χ4v) is 3.89. The number of anilines is 1. The van der Waals surface area contributed by atoms with Crippen LogP contribution in [0.5, 0.6) is 5.75 Å². The lowest BCUT2D eigenvalue weighted by atomic mass is 10.2. The van der Waals surface area contributed by atoms with E-state index in [9.17, 15) is 14.9 Å². The number of nitrogens with zero attached hydrogens (tertiary/aromatic N) is 2. The first-order valence-corrected chi connectivity index (χ1v) is 8.89. The van der Waals surface area contributed by atoms with Crippen LogP contribution in [0, 0.1) is 17.3 Å². The molecule has 10 heteroatoms. The van der Waals surface area contributed by atoms with Crippen LogP contribution in [0.3, 0.4) is 0 Å². The summed E-state index contributed by atoms with van der Waals surface area (Å²) < 4.78 is 6.79. The van der Waals surface area contributed by atoms with Gasteiger partial charge in [0.2, 0.25) is 0 Å². The minimum absolute atomic E-state index is 0.00980. The predicted octanol–water partition coefficient (Wildman–Crippen LogP) is 3.71. The number of non-ortho nitro benzene ring substituents is 1. The summed E-state index contributed by atoms with van der Waals surface area (Å²) in [5.74, 6) is -0.520. The van der Waals surface area contributed by atoms with Gasteiger partial charge in [-0.1, -0.05) is 0 Å². The molecule has 2 aromatic carbocycles. The number of carboxylic acid groups (broad SMARTS) is 1. The first-order chi connectivity index (χ1) is 11.9. The molecule has 0 aliphatic carbocycles. The third-order valence-corrected chi connectivity index (χ3v) is 4.45. The molecular weight excluding hydrogens is 556 g/mol. The number of ether oxygens (including phenoxy) is 1. The van der Waals surface area contributed by atoms with Gasteiger partial charge in [0, 0.05) is 12.1 Å². The Bertz CT molecular complexity index is 801. The number of carbonyl (C=O) groups is 1. The molecule has 0 aliphatic rings. The van der Waals surface area contributed by atoms with E-state index in [4.69, 9.17) is 9.84 Å². The maximum absolute atomic E-state index is 10.6. The molecule has 130 valence electrons. The SMILES string of the molecule is O=C(O)COc1c(I)cc(/C=N/Nc2ccc([N+](=O)[O-])cc2)cc1I. The molecule has 2 rings (SSSR count). The minimum atomic E-state index is -1.04. The number of nitro groups is 1. The van der Waals surface area contributed by atoms with Crippen LogP contribution in [0.1, 0.15) is 5.56 Å². The van der Waals surface area contributed by atoms with Crippen molar-refractivity contribution in [2.45, 2.75) is 0 Å². The van der Waals surface area contributed by atoms with Crippen molar-refractivity contribution in [2.75, 3.05) is 12.0 Å². The number of hydrogen-bond acceptors (Lipinski definition) is 6. The number of halogens is 2. The number of nitro benzene ring substituents is 1. The standard InChI is InChI=1S/C15H11I2N3O5/c16-12-5-9(6-13(17)15(12)25-8-14(21)22)7-18-19-10-1-3-11(4-2-10)20(23)24/h1-7,19H,8H2,(H,21,22)/b18-7+. The number of nitrogens with one attached hydrogen (secondary N) is 1. The van der Waals surface area contributed by atoms with E-state index in [0.29, 0.717) is 11.4 Å². The largest absolute Gasteiger partial charge is 0.480 e. The first kappa shape index (κ1) is 19.4. The van der Waals surface area contributed by atoms with Gasteiger partial charge in [0.25, 0.3) is 5.69 Å². The van der Waals surface area contributed by atoms with Crippen LogP contribution in [-0.4, -0.2) is 28.8 Å². The van der Waals surface area contributed by atoms with E-state index in [1.807, 2.05) is 0 Å². The van der Waals surface area contributed by atoms with Crippen LogP contribution in [0.25, 0.3) is 0 Å². The van der Waals surface area contributed by atoms with Crippen LogP contribution >= 0.6 is 45.2 Å². The van der Waals surface area contributed by atoms with Crippen molar-refractivity contribution < 1.29 is 19.6 Å². The highest BCUT2D eigenvalue weighted by Gasteiger charge is 2.10. The monoisotopic (exact) mass is 567 g/mol. The average Bonchev–Trinajstić information content (AvgIpc) is 2.54. The van der Waals surface area contributed by atoms with Gasteiger partial charge < -0.3 is 9.84 Å². The van der Waals surface area contributed by atoms with Gasteiger partial charge in [0.05, 0.1) is 24.0 Å². The van der Waals surface area contributed by atoms with E-state index in [1.165, 1.54) is 12.1 Å². The molecule has 0 heterocycles. The van der Waals surface area contributed by atoms with Crippen molar-refractivity contribution in [3.63, 3.8) is 0 Å². The maximum atomic E-state index is 10.6. The molecule has 0 atom stereocenters. The van der Waals surface area contributed by atoms with Crippen LogP contribution in [0.15, 0.2) is 41.5 Å². The van der Waals surface area contributed by atoms with E-state index in [2.05, 4.69) is 55.7 Å². The molecule has 0 radical (unpaired) electrons. The fraction of sp³-hybridized carbons (Fsp3) is 0.0667. The van der Waals surface area contributed by atoms with Crippen LogP contribution in [0.2, 0.25) is 0 Å². The van der Waals surface area contributed by atoms with Crippen molar-refractivity contribution in [1.82, 2.24) is 0 Å². The quantitative estimate of drug-likeness (QED) is 0.229. The Hall–Kier alpha value is -1.96. The summed E-state index contributed by atoms with van der Waals surface area (Å²) in [6.07, 6.45) is 1.59. The van der Waals surface area contributed by atoms with Gasteiger partial charge in [0.1, 0.15) is 5.75 Å². The van der Waals surface area contributed by atoms with Gasteiger partial charge in [-0.15, -0.1) is 0 Å². The van der Waals surface area contributed by atoms with Crippen molar-refractivity contribution >= 4 is 68.7 Å². The van der Waals surface area contributed by atoms with E-state index < -0.39 is 17.5 Å². The smallest absolute Gasteiger partial charge is 0.341 e. The molecule has 0 unspecified atom stereocenters. The molecule has 0 bridgehead atoms. The first-order valence-electron chi connectivity index (χ1n) is 6.74. The Morgan fingerprint density at radius 2 is 1.88 bits per heavy atom. The van der Waals surface area contributed by atoms with Gasteiger partial charge in [-0.3, -0.25) is 15.5 Å².